The lowest BCUT2D eigenvalue weighted by molar-refractivity contribution is -0.115. The zero-order chi connectivity index (χ0) is 21.8. The van der Waals surface area contributed by atoms with Crippen LogP contribution in [0.1, 0.15) is 42.3 Å². The molecular formula is C21H27N3O4S. The molecule has 0 spiro atoms. The molecule has 29 heavy (non-hydrogen) atoms. The molecule has 0 saturated carbocycles. The zero-order valence-corrected chi connectivity index (χ0v) is 18.1. The molecule has 0 heterocycles. The van der Waals surface area contributed by atoms with E-state index in [2.05, 4.69) is 15.4 Å². The minimum Gasteiger partial charge on any atom is -0.343 e. The number of anilines is 1. The van der Waals surface area contributed by atoms with Gasteiger partial charge in [-0.15, -0.1) is 0 Å². The zero-order valence-electron chi connectivity index (χ0n) is 17.3. The SMILES string of the molecule is Cc1cccc(C)c1NC(=O)CNC(=O)c1ccc(S(=O)(=O)NC(C)(C)C)cc1. The van der Waals surface area contributed by atoms with Crippen molar-refractivity contribution >= 4 is 27.5 Å². The average molecular weight is 418 g/mol. The van der Waals surface area contributed by atoms with Gasteiger partial charge in [-0.05, 0) is 70.0 Å². The van der Waals surface area contributed by atoms with Crippen molar-refractivity contribution in [3.05, 3.63) is 59.2 Å². The van der Waals surface area contributed by atoms with Crippen LogP contribution in [0.5, 0.6) is 0 Å². The maximum atomic E-state index is 12.3. The fourth-order valence-corrected chi connectivity index (χ4v) is 4.12. The van der Waals surface area contributed by atoms with E-state index in [-0.39, 0.29) is 22.9 Å². The molecule has 2 amide bonds. The molecule has 0 fully saturated rings. The van der Waals surface area contributed by atoms with E-state index in [9.17, 15) is 18.0 Å². The molecule has 0 aliphatic heterocycles. The Morgan fingerprint density at radius 1 is 0.931 bits per heavy atom. The summed E-state index contributed by atoms with van der Waals surface area (Å²) in [6.07, 6.45) is 0. The van der Waals surface area contributed by atoms with E-state index in [1.807, 2.05) is 32.0 Å². The lowest BCUT2D eigenvalue weighted by atomic mass is 10.1. The summed E-state index contributed by atoms with van der Waals surface area (Å²) in [4.78, 5) is 24.5. The smallest absolute Gasteiger partial charge is 0.251 e. The van der Waals surface area contributed by atoms with Gasteiger partial charge >= 0.3 is 0 Å². The number of carbonyl (C=O) groups excluding carboxylic acids is 2. The number of para-hydroxylation sites is 1. The second-order valence-electron chi connectivity index (χ2n) is 7.88. The Hall–Kier alpha value is -2.71. The van der Waals surface area contributed by atoms with Crippen LogP contribution in [-0.2, 0) is 14.8 Å². The summed E-state index contributed by atoms with van der Waals surface area (Å²) in [6, 6.07) is 11.2. The monoisotopic (exact) mass is 417 g/mol. The van der Waals surface area contributed by atoms with Crippen LogP contribution in [0.15, 0.2) is 47.4 Å². The van der Waals surface area contributed by atoms with Gasteiger partial charge < -0.3 is 10.6 Å². The number of nitrogens with one attached hydrogen (secondary N) is 3. The summed E-state index contributed by atoms with van der Waals surface area (Å²) in [5, 5.41) is 5.33. The number of sulfonamides is 1. The fourth-order valence-electron chi connectivity index (χ4n) is 2.71. The van der Waals surface area contributed by atoms with Gasteiger partial charge in [-0.2, -0.15) is 0 Å². The standard InChI is InChI=1S/C21H27N3O4S/c1-14-7-6-8-15(2)19(14)23-18(25)13-22-20(26)16-9-11-17(12-10-16)29(27,28)24-21(3,4)5/h6-12,24H,13H2,1-5H3,(H,22,26)(H,23,25). The molecule has 2 aromatic rings. The van der Waals surface area contributed by atoms with Crippen LogP contribution in [0, 0.1) is 13.8 Å². The molecule has 7 nitrogen and oxygen atoms in total. The third-order valence-corrected chi connectivity index (χ3v) is 5.80. The van der Waals surface area contributed by atoms with Crippen LogP contribution in [0.2, 0.25) is 0 Å². The van der Waals surface area contributed by atoms with Gasteiger partial charge in [0.25, 0.3) is 5.91 Å². The molecule has 0 bridgehead atoms. The number of amides is 2. The largest absolute Gasteiger partial charge is 0.343 e. The van der Waals surface area contributed by atoms with Crippen molar-refractivity contribution in [1.82, 2.24) is 10.0 Å². The lowest BCUT2D eigenvalue weighted by Crippen LogP contribution is -2.40. The van der Waals surface area contributed by atoms with Gasteiger partial charge in [-0.1, -0.05) is 18.2 Å². The summed E-state index contributed by atoms with van der Waals surface area (Å²) in [6.45, 7) is 8.83. The number of aryl methyl sites for hydroxylation is 2. The number of benzene rings is 2. The van der Waals surface area contributed by atoms with Gasteiger partial charge in [-0.3, -0.25) is 9.59 Å². The summed E-state index contributed by atoms with van der Waals surface area (Å²) in [7, 11) is -3.67. The molecule has 8 heteroatoms. The Balaban J connectivity index is 1.98. The Kier molecular flexibility index (Phi) is 6.81. The fraction of sp³-hybridized carbons (Fsp3) is 0.333. The van der Waals surface area contributed by atoms with Crippen LogP contribution >= 0.6 is 0 Å². The molecule has 0 atom stereocenters. The van der Waals surface area contributed by atoms with Crippen LogP contribution in [-0.4, -0.2) is 32.3 Å². The van der Waals surface area contributed by atoms with Crippen molar-refractivity contribution in [3.63, 3.8) is 0 Å². The van der Waals surface area contributed by atoms with Crippen molar-refractivity contribution in [2.75, 3.05) is 11.9 Å². The summed E-state index contributed by atoms with van der Waals surface area (Å²) in [5.74, 6) is -0.807. The van der Waals surface area contributed by atoms with Crippen LogP contribution in [0.25, 0.3) is 0 Å². The van der Waals surface area contributed by atoms with Crippen LogP contribution < -0.4 is 15.4 Å². The molecule has 2 rings (SSSR count). The molecule has 0 aliphatic rings. The first kappa shape index (κ1) is 22.6. The maximum absolute atomic E-state index is 12.3. The first-order chi connectivity index (χ1) is 13.4. The number of hydrogen-bond acceptors (Lipinski definition) is 4. The second-order valence-corrected chi connectivity index (χ2v) is 9.56. The van der Waals surface area contributed by atoms with E-state index in [1.165, 1.54) is 24.3 Å². The normalized spacial score (nSPS) is 11.8. The number of hydrogen-bond donors (Lipinski definition) is 3. The third-order valence-electron chi connectivity index (χ3n) is 4.02. The minimum absolute atomic E-state index is 0.0664. The Morgan fingerprint density at radius 3 is 2.00 bits per heavy atom. The third kappa shape index (κ3) is 6.40. The number of carbonyl (C=O) groups is 2. The lowest BCUT2D eigenvalue weighted by Gasteiger charge is -2.20. The highest BCUT2D eigenvalue weighted by Crippen LogP contribution is 2.19. The van der Waals surface area contributed by atoms with Gasteiger partial charge in [0.15, 0.2) is 0 Å². The first-order valence-corrected chi connectivity index (χ1v) is 10.7. The average Bonchev–Trinajstić information content (AvgIpc) is 2.61. The van der Waals surface area contributed by atoms with Gasteiger partial charge in [0.2, 0.25) is 15.9 Å². The Labute approximate surface area is 172 Å². The Bertz CT molecular complexity index is 987. The van der Waals surface area contributed by atoms with Gasteiger partial charge in [0.05, 0.1) is 11.4 Å². The van der Waals surface area contributed by atoms with E-state index < -0.39 is 21.5 Å². The highest BCUT2D eigenvalue weighted by Gasteiger charge is 2.22. The molecule has 0 saturated heterocycles. The molecule has 0 radical (unpaired) electrons. The van der Waals surface area contributed by atoms with E-state index in [4.69, 9.17) is 0 Å². The first-order valence-electron chi connectivity index (χ1n) is 9.17. The molecule has 0 aromatic heterocycles. The van der Waals surface area contributed by atoms with Gasteiger partial charge in [0, 0.05) is 16.8 Å². The highest BCUT2D eigenvalue weighted by molar-refractivity contribution is 7.89. The highest BCUT2D eigenvalue weighted by atomic mass is 32.2. The summed E-state index contributed by atoms with van der Waals surface area (Å²) in [5.41, 5.74) is 2.25. The Morgan fingerprint density at radius 2 is 1.48 bits per heavy atom. The topological polar surface area (TPSA) is 104 Å². The summed E-state index contributed by atoms with van der Waals surface area (Å²) >= 11 is 0. The van der Waals surface area contributed by atoms with Gasteiger partial charge in [0.1, 0.15) is 0 Å². The summed E-state index contributed by atoms with van der Waals surface area (Å²) < 4.78 is 27.2. The van der Waals surface area contributed by atoms with Crippen LogP contribution in [0.4, 0.5) is 5.69 Å². The van der Waals surface area contributed by atoms with Gasteiger partial charge in [-0.25, -0.2) is 13.1 Å². The van der Waals surface area contributed by atoms with E-state index in [0.717, 1.165) is 16.8 Å². The minimum atomic E-state index is -3.67. The van der Waals surface area contributed by atoms with Crippen molar-refractivity contribution in [2.45, 2.75) is 45.1 Å². The molecule has 0 unspecified atom stereocenters. The number of rotatable bonds is 6. The van der Waals surface area contributed by atoms with Crippen molar-refractivity contribution < 1.29 is 18.0 Å². The second kappa shape index (κ2) is 8.75. The molecule has 156 valence electrons. The predicted molar refractivity (Wildman–Crippen MR) is 113 cm³/mol. The van der Waals surface area contributed by atoms with E-state index in [0.29, 0.717) is 0 Å². The van der Waals surface area contributed by atoms with E-state index in [1.54, 1.807) is 20.8 Å². The van der Waals surface area contributed by atoms with Crippen molar-refractivity contribution in [3.8, 4) is 0 Å². The molecular weight excluding hydrogens is 390 g/mol. The van der Waals surface area contributed by atoms with Crippen molar-refractivity contribution in [1.29, 1.82) is 0 Å². The van der Waals surface area contributed by atoms with E-state index >= 15 is 0 Å². The van der Waals surface area contributed by atoms with Crippen molar-refractivity contribution in [2.24, 2.45) is 0 Å². The maximum Gasteiger partial charge on any atom is 0.251 e. The van der Waals surface area contributed by atoms with Crippen LogP contribution in [0.3, 0.4) is 0 Å². The molecule has 3 N–H and O–H groups in total. The molecule has 0 aliphatic carbocycles. The molecule has 2 aromatic carbocycles. The quantitative estimate of drug-likeness (QED) is 0.672. The predicted octanol–water partition coefficient (Wildman–Crippen LogP) is 2.75.